The molecule has 0 aromatic carbocycles. The van der Waals surface area contributed by atoms with Crippen molar-refractivity contribution in [2.24, 2.45) is 0 Å². The Balaban J connectivity index is 0.000000921. The third-order valence-electron chi connectivity index (χ3n) is 1.81. The molecular weight excluding hydrogens is 184 g/mol. The monoisotopic (exact) mass is 202 g/mol. The molecule has 0 spiro atoms. The largest absolute Gasteiger partial charge is 0.258 e. The fraction of sp³-hybridized carbons (Fsp3) is 0.385. The Morgan fingerprint density at radius 1 is 1.33 bits per heavy atom. The lowest BCUT2D eigenvalue weighted by molar-refractivity contribution is 1.11. The molecule has 0 N–H and O–H groups in total. The van der Waals surface area contributed by atoms with E-state index in [4.69, 9.17) is 5.26 Å². The zero-order valence-electron chi connectivity index (χ0n) is 10.1. The zero-order valence-corrected chi connectivity index (χ0v) is 10.1. The van der Waals surface area contributed by atoms with Crippen molar-refractivity contribution in [3.63, 3.8) is 0 Å². The highest BCUT2D eigenvalue weighted by molar-refractivity contribution is 5.57. The molecule has 2 nitrogen and oxygen atoms in total. The smallest absolute Gasteiger partial charge is 0.0944 e. The summed E-state index contributed by atoms with van der Waals surface area (Å²) in [5.74, 6) is 0. The Bertz CT molecular complexity index is 384. The van der Waals surface area contributed by atoms with Gasteiger partial charge in [-0.2, -0.15) is 5.26 Å². The number of nitrogens with zero attached hydrogens (tertiary/aromatic N) is 2. The molecule has 0 atom stereocenters. The van der Waals surface area contributed by atoms with Gasteiger partial charge in [0.15, 0.2) is 0 Å². The summed E-state index contributed by atoms with van der Waals surface area (Å²) in [6, 6.07) is 6.02. The second kappa shape index (κ2) is 6.78. The van der Waals surface area contributed by atoms with E-state index in [9.17, 15) is 0 Å². The second-order valence-corrected chi connectivity index (χ2v) is 3.07. The number of allylic oxidation sites excluding steroid dienone is 1. The number of rotatable bonds is 1. The van der Waals surface area contributed by atoms with Crippen LogP contribution in [-0.4, -0.2) is 4.98 Å². The molecule has 1 aromatic rings. The van der Waals surface area contributed by atoms with E-state index in [1.54, 1.807) is 6.92 Å². The standard InChI is InChI=1S/C11H12N2.C2H6/c1-8(7-12)6-11-5-4-9(2)13-10(11)3;1-2/h4-6H,1-3H3;1-2H3/b8-6+;. The van der Waals surface area contributed by atoms with E-state index < -0.39 is 0 Å². The Hall–Kier alpha value is -1.62. The highest BCUT2D eigenvalue weighted by Crippen LogP contribution is 2.10. The summed E-state index contributed by atoms with van der Waals surface area (Å²) in [6.45, 7) is 9.69. The predicted molar refractivity (Wildman–Crippen MR) is 64.3 cm³/mol. The molecule has 2 heteroatoms. The fourth-order valence-electron chi connectivity index (χ4n) is 1.12. The van der Waals surface area contributed by atoms with E-state index in [2.05, 4.69) is 11.1 Å². The van der Waals surface area contributed by atoms with Gasteiger partial charge in [0.05, 0.1) is 6.07 Å². The highest BCUT2D eigenvalue weighted by Gasteiger charge is 1.96. The third-order valence-corrected chi connectivity index (χ3v) is 1.81. The Morgan fingerprint density at radius 2 is 1.93 bits per heavy atom. The summed E-state index contributed by atoms with van der Waals surface area (Å²) in [7, 11) is 0. The summed E-state index contributed by atoms with van der Waals surface area (Å²) in [4.78, 5) is 4.31. The molecule has 0 fully saturated rings. The van der Waals surface area contributed by atoms with Crippen molar-refractivity contribution < 1.29 is 0 Å². The number of aryl methyl sites for hydroxylation is 2. The number of hydrogen-bond acceptors (Lipinski definition) is 2. The molecule has 0 aliphatic rings. The van der Waals surface area contributed by atoms with Gasteiger partial charge in [-0.3, -0.25) is 4.98 Å². The van der Waals surface area contributed by atoms with Gasteiger partial charge in [0.25, 0.3) is 0 Å². The van der Waals surface area contributed by atoms with Crippen molar-refractivity contribution in [1.29, 1.82) is 5.26 Å². The van der Waals surface area contributed by atoms with Crippen LogP contribution < -0.4 is 0 Å². The Labute approximate surface area is 92.3 Å². The van der Waals surface area contributed by atoms with Crippen LogP contribution in [0.3, 0.4) is 0 Å². The average molecular weight is 202 g/mol. The molecule has 0 radical (unpaired) electrons. The van der Waals surface area contributed by atoms with E-state index in [0.29, 0.717) is 5.57 Å². The van der Waals surface area contributed by atoms with Crippen molar-refractivity contribution >= 4 is 6.08 Å². The van der Waals surface area contributed by atoms with Gasteiger partial charge in [-0.1, -0.05) is 19.9 Å². The average Bonchev–Trinajstić information content (AvgIpc) is 2.25. The molecule has 15 heavy (non-hydrogen) atoms. The molecule has 0 amide bonds. The first-order chi connectivity index (χ1) is 7.13. The molecule has 0 aliphatic carbocycles. The topological polar surface area (TPSA) is 36.7 Å². The van der Waals surface area contributed by atoms with Crippen LogP contribution in [0.15, 0.2) is 17.7 Å². The normalized spacial score (nSPS) is 10.0. The first kappa shape index (κ1) is 13.4. The summed E-state index contributed by atoms with van der Waals surface area (Å²) in [5.41, 5.74) is 3.69. The predicted octanol–water partition coefficient (Wildman–Crippen LogP) is 3.65. The molecule has 80 valence electrons. The molecule has 1 heterocycles. The molecule has 1 rings (SSSR count). The first-order valence-electron chi connectivity index (χ1n) is 5.16. The van der Waals surface area contributed by atoms with Crippen molar-refractivity contribution in [1.82, 2.24) is 4.98 Å². The van der Waals surface area contributed by atoms with Crippen LogP contribution in [-0.2, 0) is 0 Å². The fourth-order valence-corrected chi connectivity index (χ4v) is 1.12. The SMILES string of the molecule is C/C(C#N)=C\c1ccc(C)nc1C.CC. The maximum atomic E-state index is 8.60. The van der Waals surface area contributed by atoms with Gasteiger partial charge in [-0.15, -0.1) is 0 Å². The molecule has 1 aromatic heterocycles. The van der Waals surface area contributed by atoms with Gasteiger partial charge in [-0.05, 0) is 38.5 Å². The van der Waals surface area contributed by atoms with Crippen LogP contribution in [0.4, 0.5) is 0 Å². The van der Waals surface area contributed by atoms with Crippen LogP contribution in [0.25, 0.3) is 6.08 Å². The van der Waals surface area contributed by atoms with Crippen LogP contribution in [0.1, 0.15) is 37.7 Å². The molecule has 0 saturated heterocycles. The van der Waals surface area contributed by atoms with Crippen molar-refractivity contribution in [3.8, 4) is 6.07 Å². The summed E-state index contributed by atoms with van der Waals surface area (Å²) in [5, 5.41) is 8.60. The van der Waals surface area contributed by atoms with Gasteiger partial charge >= 0.3 is 0 Å². The van der Waals surface area contributed by atoms with Gasteiger partial charge in [0.1, 0.15) is 0 Å². The lowest BCUT2D eigenvalue weighted by Gasteiger charge is -2.00. The maximum Gasteiger partial charge on any atom is 0.0944 e. The molecule has 0 aliphatic heterocycles. The van der Waals surface area contributed by atoms with Crippen molar-refractivity contribution in [2.75, 3.05) is 0 Å². The lowest BCUT2D eigenvalue weighted by atomic mass is 10.1. The van der Waals surface area contributed by atoms with E-state index >= 15 is 0 Å². The minimum Gasteiger partial charge on any atom is -0.258 e. The van der Waals surface area contributed by atoms with Crippen LogP contribution in [0, 0.1) is 25.2 Å². The van der Waals surface area contributed by atoms with Crippen LogP contribution in [0.5, 0.6) is 0 Å². The number of pyridine rings is 1. The Morgan fingerprint density at radius 3 is 2.40 bits per heavy atom. The maximum absolute atomic E-state index is 8.60. The molecule has 0 saturated carbocycles. The minimum absolute atomic E-state index is 0.703. The van der Waals surface area contributed by atoms with Gasteiger partial charge in [0, 0.05) is 17.0 Å². The van der Waals surface area contributed by atoms with Crippen molar-refractivity contribution in [2.45, 2.75) is 34.6 Å². The molecule has 0 bridgehead atoms. The minimum atomic E-state index is 0.703. The van der Waals surface area contributed by atoms with E-state index in [-0.39, 0.29) is 0 Å². The van der Waals surface area contributed by atoms with E-state index in [1.165, 1.54) is 0 Å². The van der Waals surface area contributed by atoms with E-state index in [0.717, 1.165) is 17.0 Å². The highest BCUT2D eigenvalue weighted by atomic mass is 14.7. The number of hydrogen-bond donors (Lipinski definition) is 0. The summed E-state index contributed by atoms with van der Waals surface area (Å²) in [6.07, 6.45) is 1.85. The van der Waals surface area contributed by atoms with Crippen LogP contribution >= 0.6 is 0 Å². The first-order valence-corrected chi connectivity index (χ1v) is 5.16. The summed E-state index contributed by atoms with van der Waals surface area (Å²) >= 11 is 0. The quantitative estimate of drug-likeness (QED) is 0.652. The number of nitriles is 1. The second-order valence-electron chi connectivity index (χ2n) is 3.07. The molecular formula is C13H18N2. The van der Waals surface area contributed by atoms with E-state index in [1.807, 2.05) is 45.9 Å². The van der Waals surface area contributed by atoms with Gasteiger partial charge < -0.3 is 0 Å². The molecule has 0 unspecified atom stereocenters. The Kier molecular flexibility index (Phi) is 6.05. The zero-order chi connectivity index (χ0) is 11.8. The summed E-state index contributed by atoms with van der Waals surface area (Å²) < 4.78 is 0. The van der Waals surface area contributed by atoms with Gasteiger partial charge in [0.2, 0.25) is 0 Å². The number of aromatic nitrogens is 1. The lowest BCUT2D eigenvalue weighted by Crippen LogP contribution is -1.89. The van der Waals surface area contributed by atoms with Crippen LogP contribution in [0.2, 0.25) is 0 Å². The van der Waals surface area contributed by atoms with Gasteiger partial charge in [-0.25, -0.2) is 0 Å². The van der Waals surface area contributed by atoms with Crippen molar-refractivity contribution in [3.05, 3.63) is 34.7 Å². The third kappa shape index (κ3) is 4.42.